The molecule has 0 saturated carbocycles. The highest BCUT2D eigenvalue weighted by molar-refractivity contribution is 7.15. The summed E-state index contributed by atoms with van der Waals surface area (Å²) in [5.41, 5.74) is 0.391. The van der Waals surface area contributed by atoms with E-state index in [0.29, 0.717) is 47.7 Å². The zero-order valence-electron chi connectivity index (χ0n) is 21.6. The molecule has 1 unspecified atom stereocenters. The summed E-state index contributed by atoms with van der Waals surface area (Å²) in [6.45, 7) is 8.99. The number of aryl methyl sites for hydroxylation is 1. The highest BCUT2D eigenvalue weighted by Crippen LogP contribution is 2.44. The van der Waals surface area contributed by atoms with E-state index in [-0.39, 0.29) is 22.3 Å². The van der Waals surface area contributed by atoms with E-state index in [4.69, 9.17) is 13.9 Å². The Bertz CT molecular complexity index is 1560. The van der Waals surface area contributed by atoms with Crippen LogP contribution in [0.2, 0.25) is 0 Å². The van der Waals surface area contributed by atoms with Gasteiger partial charge in [-0.1, -0.05) is 38.2 Å². The summed E-state index contributed by atoms with van der Waals surface area (Å²) in [4.78, 5) is 28.9. The zero-order valence-corrected chi connectivity index (χ0v) is 22.4. The Labute approximate surface area is 223 Å². The van der Waals surface area contributed by atoms with Crippen LogP contribution in [0.15, 0.2) is 45.6 Å². The minimum absolute atomic E-state index is 0.0635. The molecule has 0 aliphatic carbocycles. The van der Waals surface area contributed by atoms with Gasteiger partial charge in [0, 0.05) is 0 Å². The molecule has 198 valence electrons. The van der Waals surface area contributed by atoms with Gasteiger partial charge in [-0.15, -0.1) is 10.2 Å². The first-order chi connectivity index (χ1) is 18.3. The molecule has 2 aromatic heterocycles. The van der Waals surface area contributed by atoms with E-state index in [1.54, 1.807) is 18.2 Å². The number of amides is 1. The largest absolute Gasteiger partial charge is 0.490 e. The van der Waals surface area contributed by atoms with Crippen molar-refractivity contribution in [1.82, 2.24) is 10.2 Å². The number of anilines is 1. The van der Waals surface area contributed by atoms with Gasteiger partial charge in [0.2, 0.25) is 10.9 Å². The van der Waals surface area contributed by atoms with Crippen LogP contribution in [0.4, 0.5) is 9.52 Å². The molecule has 1 aliphatic heterocycles. The lowest BCUT2D eigenvalue weighted by molar-refractivity contribution is 0.0970. The molecule has 0 fully saturated rings. The van der Waals surface area contributed by atoms with Crippen LogP contribution in [0.3, 0.4) is 0 Å². The molecule has 1 amide bonds. The van der Waals surface area contributed by atoms with Gasteiger partial charge in [-0.2, -0.15) is 0 Å². The third-order valence-corrected chi connectivity index (χ3v) is 7.40. The van der Waals surface area contributed by atoms with Gasteiger partial charge in [0.1, 0.15) is 16.4 Å². The van der Waals surface area contributed by atoms with Crippen molar-refractivity contribution in [3.05, 3.63) is 74.3 Å². The number of ether oxygens (including phenoxy) is 2. The van der Waals surface area contributed by atoms with E-state index in [9.17, 15) is 14.0 Å². The lowest BCUT2D eigenvalue weighted by atomic mass is 9.98. The number of fused-ring (bicyclic) bond motifs is 2. The predicted molar refractivity (Wildman–Crippen MR) is 143 cm³/mol. The van der Waals surface area contributed by atoms with Gasteiger partial charge in [0.25, 0.3) is 5.91 Å². The number of carbonyl (C=O) groups is 1. The van der Waals surface area contributed by atoms with Crippen molar-refractivity contribution in [3.63, 3.8) is 0 Å². The zero-order chi connectivity index (χ0) is 27.0. The van der Waals surface area contributed by atoms with Gasteiger partial charge in [0.15, 0.2) is 16.9 Å². The van der Waals surface area contributed by atoms with Gasteiger partial charge in [-0.3, -0.25) is 14.5 Å². The Hall–Kier alpha value is -3.79. The quantitative estimate of drug-likeness (QED) is 0.262. The maximum atomic E-state index is 14.1. The van der Waals surface area contributed by atoms with E-state index in [1.807, 2.05) is 13.8 Å². The SMILES string of the molecule is CCOc1cc(C2c3c(oc4ccc(F)cc4c3=O)C(=O)N2c2nnc(CC)s2)ccc1OCCC(C)C. The summed E-state index contributed by atoms with van der Waals surface area (Å²) in [7, 11) is 0. The molecule has 1 atom stereocenters. The smallest absolute Gasteiger partial charge is 0.297 e. The first-order valence-electron chi connectivity index (χ1n) is 12.6. The van der Waals surface area contributed by atoms with Crippen molar-refractivity contribution in [3.8, 4) is 11.5 Å². The standard InChI is InChI=1S/C28H28FN3O5S/c1-5-22-30-31-28(38-22)32-24(16-7-9-20(21(13-16)35-6-2)36-12-11-15(3)4)23-25(33)18-14-17(29)8-10-19(18)37-26(23)27(32)34/h7-10,13-15,24H,5-6,11-12H2,1-4H3. The van der Waals surface area contributed by atoms with E-state index >= 15 is 0 Å². The molecular formula is C28H28FN3O5S. The summed E-state index contributed by atoms with van der Waals surface area (Å²) < 4.78 is 31.9. The van der Waals surface area contributed by atoms with Gasteiger partial charge in [0.05, 0.1) is 30.2 Å². The first-order valence-corrected chi connectivity index (χ1v) is 13.5. The van der Waals surface area contributed by atoms with Crippen molar-refractivity contribution in [2.45, 2.75) is 46.6 Å². The summed E-state index contributed by atoms with van der Waals surface area (Å²) in [5.74, 6) is 0.380. The monoisotopic (exact) mass is 537 g/mol. The molecule has 4 aromatic rings. The second-order valence-corrected chi connectivity index (χ2v) is 10.4. The minimum Gasteiger partial charge on any atom is -0.490 e. The maximum absolute atomic E-state index is 14.1. The highest BCUT2D eigenvalue weighted by Gasteiger charge is 2.45. The molecule has 0 N–H and O–H groups in total. The van der Waals surface area contributed by atoms with Crippen molar-refractivity contribution >= 4 is 33.3 Å². The van der Waals surface area contributed by atoms with Crippen LogP contribution in [-0.4, -0.2) is 29.3 Å². The molecule has 2 aromatic carbocycles. The van der Waals surface area contributed by atoms with Crippen LogP contribution in [0.1, 0.15) is 66.8 Å². The van der Waals surface area contributed by atoms with Crippen LogP contribution >= 0.6 is 11.3 Å². The molecule has 0 bridgehead atoms. The number of aromatic nitrogens is 2. The molecule has 5 rings (SSSR count). The maximum Gasteiger partial charge on any atom is 0.297 e. The number of nitrogens with zero attached hydrogens (tertiary/aromatic N) is 3. The molecule has 0 radical (unpaired) electrons. The second-order valence-electron chi connectivity index (χ2n) is 9.39. The van der Waals surface area contributed by atoms with Crippen LogP contribution in [0.25, 0.3) is 11.0 Å². The Morgan fingerprint density at radius 1 is 1.08 bits per heavy atom. The highest BCUT2D eigenvalue weighted by atomic mass is 32.1. The summed E-state index contributed by atoms with van der Waals surface area (Å²) in [6.07, 6.45) is 1.53. The number of hydrogen-bond acceptors (Lipinski definition) is 8. The van der Waals surface area contributed by atoms with E-state index in [0.717, 1.165) is 17.5 Å². The lowest BCUT2D eigenvalue weighted by Crippen LogP contribution is -2.29. The first kappa shape index (κ1) is 25.8. The summed E-state index contributed by atoms with van der Waals surface area (Å²) in [6, 6.07) is 8.15. The lowest BCUT2D eigenvalue weighted by Gasteiger charge is -2.23. The topological polar surface area (TPSA) is 94.8 Å². The van der Waals surface area contributed by atoms with Gasteiger partial charge >= 0.3 is 0 Å². The number of hydrogen-bond donors (Lipinski definition) is 0. The van der Waals surface area contributed by atoms with Crippen molar-refractivity contribution in [1.29, 1.82) is 0 Å². The van der Waals surface area contributed by atoms with Crippen LogP contribution in [0, 0.1) is 11.7 Å². The van der Waals surface area contributed by atoms with Crippen molar-refractivity contribution in [2.24, 2.45) is 5.92 Å². The molecule has 3 heterocycles. The van der Waals surface area contributed by atoms with Crippen LogP contribution < -0.4 is 19.8 Å². The third kappa shape index (κ3) is 4.64. The number of carbonyl (C=O) groups excluding carboxylic acids is 1. The molecule has 0 saturated heterocycles. The molecule has 10 heteroatoms. The normalized spacial score (nSPS) is 14.9. The fourth-order valence-corrected chi connectivity index (χ4v) is 5.23. The van der Waals surface area contributed by atoms with Crippen molar-refractivity contribution < 1.29 is 23.1 Å². The number of benzene rings is 2. The Morgan fingerprint density at radius 2 is 1.89 bits per heavy atom. The van der Waals surface area contributed by atoms with Crippen LogP contribution in [0.5, 0.6) is 11.5 Å². The Kier molecular flexibility index (Phi) is 7.16. The average Bonchev–Trinajstić information content (AvgIpc) is 3.48. The van der Waals surface area contributed by atoms with Crippen molar-refractivity contribution in [2.75, 3.05) is 18.1 Å². The molecular weight excluding hydrogens is 509 g/mol. The third-order valence-electron chi connectivity index (χ3n) is 6.33. The fraction of sp³-hybridized carbons (Fsp3) is 0.357. The van der Waals surface area contributed by atoms with Crippen LogP contribution in [-0.2, 0) is 6.42 Å². The Morgan fingerprint density at radius 3 is 2.61 bits per heavy atom. The van der Waals surface area contributed by atoms with E-state index in [2.05, 4.69) is 24.0 Å². The van der Waals surface area contributed by atoms with E-state index < -0.39 is 23.2 Å². The number of rotatable bonds is 9. The fourth-order valence-electron chi connectivity index (χ4n) is 4.43. The van der Waals surface area contributed by atoms with E-state index in [1.165, 1.54) is 28.4 Å². The molecule has 8 nitrogen and oxygen atoms in total. The predicted octanol–water partition coefficient (Wildman–Crippen LogP) is 5.92. The molecule has 0 spiro atoms. The minimum atomic E-state index is -0.872. The number of halogens is 1. The van der Waals surface area contributed by atoms with Gasteiger partial charge in [-0.05, 0) is 61.6 Å². The molecule has 1 aliphatic rings. The Balaban J connectivity index is 1.68. The second kappa shape index (κ2) is 10.5. The molecule has 38 heavy (non-hydrogen) atoms. The summed E-state index contributed by atoms with van der Waals surface area (Å²) >= 11 is 1.27. The van der Waals surface area contributed by atoms with Gasteiger partial charge < -0.3 is 13.9 Å². The average molecular weight is 538 g/mol. The summed E-state index contributed by atoms with van der Waals surface area (Å²) in [5, 5.41) is 9.57. The van der Waals surface area contributed by atoms with Gasteiger partial charge in [-0.25, -0.2) is 4.39 Å².